The Balaban J connectivity index is 1.81. The first-order chi connectivity index (χ1) is 12.7. The Labute approximate surface area is 155 Å². The molecule has 0 spiro atoms. The van der Waals surface area contributed by atoms with E-state index in [1.54, 1.807) is 30.4 Å². The largest absolute Gasteiger partial charge is 0.316 e. The molecule has 0 amide bonds. The van der Waals surface area contributed by atoms with Crippen molar-refractivity contribution in [2.45, 2.75) is 11.4 Å². The molecule has 0 bridgehead atoms. The van der Waals surface area contributed by atoms with Gasteiger partial charge in [0.1, 0.15) is 0 Å². The smallest absolute Gasteiger partial charge is 0.212 e. The van der Waals surface area contributed by atoms with Gasteiger partial charge in [0.2, 0.25) is 5.95 Å². The molecule has 0 radical (unpaired) electrons. The molecule has 0 atom stereocenters. The van der Waals surface area contributed by atoms with Crippen LogP contribution in [0.4, 0.5) is 4.39 Å². The van der Waals surface area contributed by atoms with Crippen molar-refractivity contribution in [3.05, 3.63) is 78.8 Å². The molecule has 1 aromatic carbocycles. The van der Waals surface area contributed by atoms with Crippen LogP contribution in [0, 0.1) is 5.95 Å². The predicted octanol–water partition coefficient (Wildman–Crippen LogP) is 4.51. The number of rotatable bonds is 5. The lowest BCUT2D eigenvalue weighted by Crippen LogP contribution is -2.04. The second-order valence-electron chi connectivity index (χ2n) is 5.89. The summed E-state index contributed by atoms with van der Waals surface area (Å²) in [7, 11) is 1.94. The molecule has 0 saturated carbocycles. The second-order valence-corrected chi connectivity index (χ2v) is 6.94. The Morgan fingerprint density at radius 3 is 2.73 bits per heavy atom. The van der Waals surface area contributed by atoms with Gasteiger partial charge in [-0.05, 0) is 60.5 Å². The molecule has 3 heterocycles. The molecular weight excluding hydrogens is 347 g/mol. The van der Waals surface area contributed by atoms with Gasteiger partial charge in [-0.2, -0.15) is 4.39 Å². The first-order valence-corrected chi connectivity index (χ1v) is 9.01. The van der Waals surface area contributed by atoms with Crippen molar-refractivity contribution in [1.82, 2.24) is 19.3 Å². The molecule has 4 nitrogen and oxygen atoms in total. The summed E-state index contributed by atoms with van der Waals surface area (Å²) < 4.78 is 15.3. The van der Waals surface area contributed by atoms with Crippen LogP contribution in [0.3, 0.4) is 0 Å². The third-order valence-electron chi connectivity index (χ3n) is 4.12. The molecule has 0 aliphatic heterocycles. The summed E-state index contributed by atoms with van der Waals surface area (Å²) in [5, 5.41) is 4.41. The molecular formula is C20H17FN4S. The van der Waals surface area contributed by atoms with Crippen LogP contribution < -0.4 is 5.32 Å². The highest BCUT2D eigenvalue weighted by atomic mass is 32.2. The van der Waals surface area contributed by atoms with Gasteiger partial charge in [0.25, 0.3) is 0 Å². The number of pyridine rings is 2. The molecule has 0 aliphatic carbocycles. The highest BCUT2D eigenvalue weighted by Gasteiger charge is 2.11. The van der Waals surface area contributed by atoms with Crippen molar-refractivity contribution in [1.29, 1.82) is 0 Å². The van der Waals surface area contributed by atoms with Gasteiger partial charge < -0.3 is 5.32 Å². The second kappa shape index (κ2) is 7.27. The molecule has 4 rings (SSSR count). The van der Waals surface area contributed by atoms with Crippen molar-refractivity contribution in [3.63, 3.8) is 0 Å². The quantitative estimate of drug-likeness (QED) is 0.529. The maximum absolute atomic E-state index is 13.1. The number of fused-ring (bicyclic) bond motifs is 1. The molecule has 3 aromatic heterocycles. The third kappa shape index (κ3) is 3.34. The summed E-state index contributed by atoms with van der Waals surface area (Å²) >= 11 is 1.62. The fourth-order valence-corrected chi connectivity index (χ4v) is 3.82. The lowest BCUT2D eigenvalue weighted by molar-refractivity contribution is 0.584. The van der Waals surface area contributed by atoms with E-state index in [-0.39, 0.29) is 0 Å². The van der Waals surface area contributed by atoms with E-state index in [0.29, 0.717) is 0 Å². The molecule has 0 unspecified atom stereocenters. The van der Waals surface area contributed by atoms with Gasteiger partial charge in [-0.1, -0.05) is 12.1 Å². The summed E-state index contributed by atoms with van der Waals surface area (Å²) in [5.41, 5.74) is 4.23. The molecule has 130 valence electrons. The summed E-state index contributed by atoms with van der Waals surface area (Å²) in [5.74, 6) is -0.471. The average molecular weight is 364 g/mol. The zero-order valence-corrected chi connectivity index (χ0v) is 15.0. The van der Waals surface area contributed by atoms with Gasteiger partial charge in [-0.3, -0.25) is 8.96 Å². The molecule has 4 aromatic rings. The highest BCUT2D eigenvalue weighted by Crippen LogP contribution is 2.32. The van der Waals surface area contributed by atoms with E-state index in [1.807, 2.05) is 25.4 Å². The lowest BCUT2D eigenvalue weighted by Gasteiger charge is -2.06. The summed E-state index contributed by atoms with van der Waals surface area (Å²) in [6.07, 6.45) is 7.32. The standard InChI is InChI=1S/C20H17FN4S/c1-22-10-16-13-25(26-17-3-2-8-23-12-17)19-9-14(4-6-18(16)19)15-5-7-20(21)24-11-15/h2-9,11-13,22H,10H2,1H3. The first kappa shape index (κ1) is 16.8. The normalized spacial score (nSPS) is 11.2. The van der Waals surface area contributed by atoms with Crippen LogP contribution in [0.2, 0.25) is 0 Å². The van der Waals surface area contributed by atoms with Crippen molar-refractivity contribution >= 4 is 22.9 Å². The molecule has 0 saturated heterocycles. The van der Waals surface area contributed by atoms with Gasteiger partial charge in [0, 0.05) is 47.2 Å². The SMILES string of the molecule is CNCc1cn(Sc2cccnc2)c2cc(-c3ccc(F)nc3)ccc12. The van der Waals surface area contributed by atoms with E-state index in [9.17, 15) is 4.39 Å². The minimum atomic E-state index is -0.471. The summed E-state index contributed by atoms with van der Waals surface area (Å²) in [6.45, 7) is 0.786. The number of halogens is 1. The maximum Gasteiger partial charge on any atom is 0.212 e. The topological polar surface area (TPSA) is 42.7 Å². The molecule has 0 aliphatic rings. The van der Waals surface area contributed by atoms with Crippen LogP contribution in [-0.2, 0) is 6.54 Å². The number of benzene rings is 1. The number of nitrogens with one attached hydrogen (secondary N) is 1. The maximum atomic E-state index is 13.1. The van der Waals surface area contributed by atoms with E-state index < -0.39 is 5.95 Å². The van der Waals surface area contributed by atoms with Crippen LogP contribution in [0.1, 0.15) is 5.56 Å². The fourth-order valence-electron chi connectivity index (χ4n) is 2.91. The number of hydrogen-bond acceptors (Lipinski definition) is 4. The number of nitrogens with zero attached hydrogens (tertiary/aromatic N) is 3. The van der Waals surface area contributed by atoms with Crippen molar-refractivity contribution in [2.75, 3.05) is 7.05 Å². The van der Waals surface area contributed by atoms with Crippen molar-refractivity contribution < 1.29 is 4.39 Å². The zero-order valence-electron chi connectivity index (χ0n) is 14.2. The first-order valence-electron chi connectivity index (χ1n) is 8.23. The van der Waals surface area contributed by atoms with E-state index in [1.165, 1.54) is 17.0 Å². The molecule has 26 heavy (non-hydrogen) atoms. The van der Waals surface area contributed by atoms with E-state index in [0.717, 1.165) is 28.1 Å². The minimum absolute atomic E-state index is 0.471. The molecule has 1 N–H and O–H groups in total. The van der Waals surface area contributed by atoms with Gasteiger partial charge >= 0.3 is 0 Å². The average Bonchev–Trinajstić information content (AvgIpc) is 3.00. The number of hydrogen-bond donors (Lipinski definition) is 1. The monoisotopic (exact) mass is 364 g/mol. The highest BCUT2D eigenvalue weighted by molar-refractivity contribution is 7.98. The molecule has 6 heteroatoms. The summed E-state index contributed by atoms with van der Waals surface area (Å²) in [4.78, 5) is 9.01. The number of aromatic nitrogens is 3. The van der Waals surface area contributed by atoms with Crippen LogP contribution in [0.15, 0.2) is 72.1 Å². The fraction of sp³-hybridized carbons (Fsp3) is 0.100. The van der Waals surface area contributed by atoms with Crippen molar-refractivity contribution in [2.24, 2.45) is 0 Å². The van der Waals surface area contributed by atoms with E-state index in [2.05, 4.69) is 43.7 Å². The zero-order chi connectivity index (χ0) is 17.9. The van der Waals surface area contributed by atoms with Crippen molar-refractivity contribution in [3.8, 4) is 11.1 Å². The van der Waals surface area contributed by atoms with Gasteiger partial charge in [-0.25, -0.2) is 4.98 Å². The van der Waals surface area contributed by atoms with E-state index >= 15 is 0 Å². The van der Waals surface area contributed by atoms with Gasteiger partial charge in [0.15, 0.2) is 0 Å². The van der Waals surface area contributed by atoms with Crippen LogP contribution in [-0.4, -0.2) is 21.0 Å². The third-order valence-corrected chi connectivity index (χ3v) is 5.07. The Bertz CT molecular complexity index is 1030. The predicted molar refractivity (Wildman–Crippen MR) is 103 cm³/mol. The Morgan fingerprint density at radius 2 is 2.00 bits per heavy atom. The Morgan fingerprint density at radius 1 is 1.12 bits per heavy atom. The van der Waals surface area contributed by atoms with Crippen LogP contribution in [0.5, 0.6) is 0 Å². The van der Waals surface area contributed by atoms with Crippen LogP contribution in [0.25, 0.3) is 22.0 Å². The summed E-state index contributed by atoms with van der Waals surface area (Å²) in [6, 6.07) is 13.4. The van der Waals surface area contributed by atoms with E-state index in [4.69, 9.17) is 0 Å². The van der Waals surface area contributed by atoms with Gasteiger partial charge in [-0.15, -0.1) is 0 Å². The lowest BCUT2D eigenvalue weighted by atomic mass is 10.0. The Kier molecular flexibility index (Phi) is 4.69. The minimum Gasteiger partial charge on any atom is -0.316 e. The molecule has 0 fully saturated rings. The van der Waals surface area contributed by atoms with Crippen LogP contribution >= 0.6 is 11.9 Å². The Hall–Kier alpha value is -2.70. The van der Waals surface area contributed by atoms with Gasteiger partial charge in [0.05, 0.1) is 5.52 Å².